The number of rotatable bonds is 7. The number of carbonyl (C=O) groups is 2. The van der Waals surface area contributed by atoms with Crippen molar-refractivity contribution in [2.24, 2.45) is 0 Å². The molecule has 1 amide bonds. The van der Waals surface area contributed by atoms with E-state index in [1.54, 1.807) is 48.5 Å². The molecule has 3 rings (SSSR count). The smallest absolute Gasteiger partial charge is 0.258 e. The van der Waals surface area contributed by atoms with Crippen LogP contribution in [0, 0.1) is 0 Å². The Morgan fingerprint density at radius 3 is 2.18 bits per heavy atom. The fraction of sp³-hybridized carbons (Fsp3) is 0.364. The SMILES string of the molecule is CCN1CCC(NC(=O)COc2ccc(C(=O)c3ccc(Cl)cc3)cc2)CC1. The first-order valence-corrected chi connectivity index (χ1v) is 9.98. The van der Waals surface area contributed by atoms with Gasteiger partial charge in [-0.25, -0.2) is 0 Å². The zero-order chi connectivity index (χ0) is 19.9. The molecule has 28 heavy (non-hydrogen) atoms. The molecule has 6 heteroatoms. The van der Waals surface area contributed by atoms with E-state index in [2.05, 4.69) is 17.1 Å². The highest BCUT2D eigenvalue weighted by Crippen LogP contribution is 2.17. The van der Waals surface area contributed by atoms with Crippen LogP contribution in [0.4, 0.5) is 0 Å². The van der Waals surface area contributed by atoms with Crippen LogP contribution in [-0.4, -0.2) is 48.9 Å². The monoisotopic (exact) mass is 400 g/mol. The Morgan fingerprint density at radius 1 is 1.04 bits per heavy atom. The first-order valence-electron chi connectivity index (χ1n) is 9.60. The van der Waals surface area contributed by atoms with Gasteiger partial charge in [0, 0.05) is 35.3 Å². The highest BCUT2D eigenvalue weighted by atomic mass is 35.5. The van der Waals surface area contributed by atoms with Crippen LogP contribution in [-0.2, 0) is 4.79 Å². The second kappa shape index (κ2) is 9.71. The van der Waals surface area contributed by atoms with E-state index >= 15 is 0 Å². The summed E-state index contributed by atoms with van der Waals surface area (Å²) in [4.78, 5) is 26.9. The molecule has 0 aromatic heterocycles. The normalized spacial score (nSPS) is 15.2. The van der Waals surface area contributed by atoms with E-state index in [0.717, 1.165) is 32.5 Å². The maximum Gasteiger partial charge on any atom is 0.258 e. The Morgan fingerprint density at radius 2 is 1.61 bits per heavy atom. The third-order valence-electron chi connectivity index (χ3n) is 4.99. The Bertz CT molecular complexity index is 798. The quantitative estimate of drug-likeness (QED) is 0.722. The van der Waals surface area contributed by atoms with Crippen LogP contribution in [0.1, 0.15) is 35.7 Å². The topological polar surface area (TPSA) is 58.6 Å². The summed E-state index contributed by atoms with van der Waals surface area (Å²) >= 11 is 5.86. The molecule has 0 spiro atoms. The summed E-state index contributed by atoms with van der Waals surface area (Å²) in [6.07, 6.45) is 1.95. The summed E-state index contributed by atoms with van der Waals surface area (Å²) < 4.78 is 5.56. The second-order valence-corrected chi connectivity index (χ2v) is 7.36. The molecule has 0 atom stereocenters. The molecule has 0 unspecified atom stereocenters. The fourth-order valence-electron chi connectivity index (χ4n) is 3.28. The Kier molecular flexibility index (Phi) is 7.06. The van der Waals surface area contributed by atoms with E-state index in [1.807, 2.05) is 0 Å². The summed E-state index contributed by atoms with van der Waals surface area (Å²) in [5, 5.41) is 3.63. The van der Waals surface area contributed by atoms with Crippen molar-refractivity contribution in [2.45, 2.75) is 25.8 Å². The number of amides is 1. The first kappa shape index (κ1) is 20.4. The highest BCUT2D eigenvalue weighted by Gasteiger charge is 2.19. The number of ketones is 1. The molecule has 2 aromatic rings. The number of nitrogens with one attached hydrogen (secondary N) is 1. The van der Waals surface area contributed by atoms with E-state index < -0.39 is 0 Å². The van der Waals surface area contributed by atoms with Gasteiger partial charge in [-0.3, -0.25) is 9.59 Å². The van der Waals surface area contributed by atoms with Gasteiger partial charge < -0.3 is 15.0 Å². The fourth-order valence-corrected chi connectivity index (χ4v) is 3.41. The second-order valence-electron chi connectivity index (χ2n) is 6.93. The number of halogens is 1. The van der Waals surface area contributed by atoms with Crippen molar-refractivity contribution < 1.29 is 14.3 Å². The molecule has 2 aromatic carbocycles. The summed E-state index contributed by atoms with van der Waals surface area (Å²) in [6.45, 7) is 5.22. The van der Waals surface area contributed by atoms with Crippen LogP contribution in [0.5, 0.6) is 5.75 Å². The van der Waals surface area contributed by atoms with E-state index in [1.165, 1.54) is 0 Å². The molecule has 0 aliphatic carbocycles. The van der Waals surface area contributed by atoms with Crippen molar-refractivity contribution in [1.29, 1.82) is 0 Å². The van der Waals surface area contributed by atoms with Gasteiger partial charge in [0.2, 0.25) is 0 Å². The standard InChI is InChI=1S/C22H25ClN2O3/c1-2-25-13-11-19(12-14-25)24-21(26)15-28-20-9-5-17(6-10-20)22(27)16-3-7-18(23)8-4-16/h3-10,19H,2,11-15H2,1H3,(H,24,26). The van der Waals surface area contributed by atoms with Gasteiger partial charge in [-0.15, -0.1) is 0 Å². The van der Waals surface area contributed by atoms with Crippen molar-refractivity contribution in [3.05, 3.63) is 64.7 Å². The number of ether oxygens (including phenoxy) is 1. The molecule has 0 bridgehead atoms. The van der Waals surface area contributed by atoms with E-state index in [-0.39, 0.29) is 24.3 Å². The molecule has 1 aliphatic heterocycles. The molecule has 1 heterocycles. The van der Waals surface area contributed by atoms with Gasteiger partial charge in [-0.1, -0.05) is 18.5 Å². The average molecular weight is 401 g/mol. The van der Waals surface area contributed by atoms with E-state index in [9.17, 15) is 9.59 Å². The summed E-state index contributed by atoms with van der Waals surface area (Å²) in [7, 11) is 0. The predicted molar refractivity (Wildman–Crippen MR) is 110 cm³/mol. The Balaban J connectivity index is 1.47. The number of piperidine rings is 1. The number of hydrogen-bond acceptors (Lipinski definition) is 4. The van der Waals surface area contributed by atoms with Gasteiger partial charge in [-0.2, -0.15) is 0 Å². The first-order chi connectivity index (χ1) is 13.5. The van der Waals surface area contributed by atoms with E-state index in [0.29, 0.717) is 21.9 Å². The van der Waals surface area contributed by atoms with Crippen molar-refractivity contribution in [2.75, 3.05) is 26.2 Å². The van der Waals surface area contributed by atoms with Crippen molar-refractivity contribution in [3.8, 4) is 5.75 Å². The number of nitrogens with zero attached hydrogens (tertiary/aromatic N) is 1. The van der Waals surface area contributed by atoms with Gasteiger partial charge >= 0.3 is 0 Å². The van der Waals surface area contributed by atoms with Crippen LogP contribution in [0.15, 0.2) is 48.5 Å². The Labute approximate surface area is 170 Å². The minimum absolute atomic E-state index is 0.0293. The predicted octanol–water partition coefficient (Wildman–Crippen LogP) is 3.55. The molecule has 0 radical (unpaired) electrons. The van der Waals surface area contributed by atoms with Crippen LogP contribution in [0.25, 0.3) is 0 Å². The van der Waals surface area contributed by atoms with Crippen molar-refractivity contribution in [3.63, 3.8) is 0 Å². The number of carbonyl (C=O) groups excluding carboxylic acids is 2. The lowest BCUT2D eigenvalue weighted by Crippen LogP contribution is -2.45. The van der Waals surface area contributed by atoms with Crippen LogP contribution in [0.3, 0.4) is 0 Å². The van der Waals surface area contributed by atoms with Gasteiger partial charge in [-0.05, 0) is 67.9 Å². The number of likely N-dealkylation sites (tertiary alicyclic amines) is 1. The molecule has 1 aliphatic rings. The molecule has 0 saturated carbocycles. The summed E-state index contributed by atoms with van der Waals surface area (Å²) in [5.74, 6) is 0.360. The maximum atomic E-state index is 12.4. The summed E-state index contributed by atoms with van der Waals surface area (Å²) in [6, 6.07) is 13.8. The third-order valence-corrected chi connectivity index (χ3v) is 5.24. The van der Waals surface area contributed by atoms with Crippen molar-refractivity contribution in [1.82, 2.24) is 10.2 Å². The van der Waals surface area contributed by atoms with E-state index in [4.69, 9.17) is 16.3 Å². The molecule has 148 valence electrons. The van der Waals surface area contributed by atoms with Gasteiger partial charge in [0.05, 0.1) is 0 Å². The molecular weight excluding hydrogens is 376 g/mol. The van der Waals surface area contributed by atoms with Crippen LogP contribution in [0.2, 0.25) is 5.02 Å². The zero-order valence-corrected chi connectivity index (χ0v) is 16.7. The lowest BCUT2D eigenvalue weighted by atomic mass is 10.0. The largest absolute Gasteiger partial charge is 0.484 e. The lowest BCUT2D eigenvalue weighted by Gasteiger charge is -2.31. The van der Waals surface area contributed by atoms with Crippen molar-refractivity contribution >= 4 is 23.3 Å². The minimum atomic E-state index is -0.115. The maximum absolute atomic E-state index is 12.4. The number of hydrogen-bond donors (Lipinski definition) is 1. The van der Waals surface area contributed by atoms with Crippen LogP contribution < -0.4 is 10.1 Å². The van der Waals surface area contributed by atoms with Crippen LogP contribution >= 0.6 is 11.6 Å². The van der Waals surface area contributed by atoms with Gasteiger partial charge in [0.15, 0.2) is 12.4 Å². The van der Waals surface area contributed by atoms with Gasteiger partial charge in [0.1, 0.15) is 5.75 Å². The minimum Gasteiger partial charge on any atom is -0.484 e. The Hall–Kier alpha value is -2.37. The summed E-state index contributed by atoms with van der Waals surface area (Å²) in [5.41, 5.74) is 1.13. The molecular formula is C22H25ClN2O3. The van der Waals surface area contributed by atoms with Gasteiger partial charge in [0.25, 0.3) is 5.91 Å². The molecule has 1 fully saturated rings. The molecule has 1 N–H and O–H groups in total. The third kappa shape index (κ3) is 5.57. The molecule has 5 nitrogen and oxygen atoms in total. The highest BCUT2D eigenvalue weighted by molar-refractivity contribution is 6.30. The number of benzene rings is 2. The molecule has 1 saturated heterocycles. The average Bonchev–Trinajstić information content (AvgIpc) is 2.73. The lowest BCUT2D eigenvalue weighted by molar-refractivity contribution is -0.124. The zero-order valence-electron chi connectivity index (χ0n) is 16.0.